The van der Waals surface area contributed by atoms with Crippen LogP contribution in [0.2, 0.25) is 0 Å². The minimum Gasteiger partial charge on any atom is -0.493 e. The molecule has 0 saturated carbocycles. The summed E-state index contributed by atoms with van der Waals surface area (Å²) in [5, 5.41) is 10.6. The first kappa shape index (κ1) is 19.5. The monoisotopic (exact) mass is 379 g/mol. The molecule has 0 amide bonds. The Hall–Kier alpha value is -2.78. The van der Waals surface area contributed by atoms with Crippen molar-refractivity contribution < 1.29 is 36.0 Å². The Morgan fingerprint density at radius 3 is 2.04 bits per heavy atom. The van der Waals surface area contributed by atoms with Gasteiger partial charge in [-0.15, -0.1) is 0 Å². The zero-order valence-electron chi connectivity index (χ0n) is 12.9. The van der Waals surface area contributed by atoms with Crippen LogP contribution in [0.4, 0.5) is 32.0 Å². The van der Waals surface area contributed by atoms with Crippen LogP contribution in [0.25, 0.3) is 0 Å². The van der Waals surface area contributed by atoms with Crippen molar-refractivity contribution in [2.75, 3.05) is 6.61 Å². The Bertz CT molecular complexity index is 784. The van der Waals surface area contributed by atoms with E-state index in [0.29, 0.717) is 11.6 Å². The van der Waals surface area contributed by atoms with Gasteiger partial charge in [-0.2, -0.15) is 26.3 Å². The van der Waals surface area contributed by atoms with E-state index in [4.69, 9.17) is 4.74 Å². The highest BCUT2D eigenvalue weighted by Gasteiger charge is 2.36. The van der Waals surface area contributed by atoms with Crippen LogP contribution >= 0.6 is 0 Å². The summed E-state index contributed by atoms with van der Waals surface area (Å²) in [4.78, 5) is 9.65. The summed E-state index contributed by atoms with van der Waals surface area (Å²) < 4.78 is 81.4. The van der Waals surface area contributed by atoms with Gasteiger partial charge in [0.2, 0.25) is 0 Å². The van der Waals surface area contributed by atoms with Crippen molar-refractivity contribution >= 4 is 5.69 Å². The lowest BCUT2D eigenvalue weighted by Gasteiger charge is -2.14. The fraction of sp³-hybridized carbons (Fsp3) is 0.250. The van der Waals surface area contributed by atoms with Crippen molar-refractivity contribution in [1.82, 2.24) is 0 Å². The molecule has 0 aliphatic carbocycles. The molecule has 0 spiro atoms. The summed E-state index contributed by atoms with van der Waals surface area (Å²) in [5.41, 5.74) is -2.42. The molecule has 2 aromatic rings. The van der Waals surface area contributed by atoms with Crippen molar-refractivity contribution in [2.45, 2.75) is 18.8 Å². The fourth-order valence-corrected chi connectivity index (χ4v) is 2.12. The topological polar surface area (TPSA) is 52.4 Å². The maximum Gasteiger partial charge on any atom is 0.420 e. The van der Waals surface area contributed by atoms with Gasteiger partial charge in [0, 0.05) is 18.6 Å². The van der Waals surface area contributed by atoms with Crippen molar-refractivity contribution in [1.29, 1.82) is 0 Å². The molecular weight excluding hydrogens is 368 g/mol. The van der Waals surface area contributed by atoms with E-state index in [2.05, 4.69) is 0 Å². The van der Waals surface area contributed by atoms with Crippen LogP contribution in [0.3, 0.4) is 0 Å². The first-order valence-corrected chi connectivity index (χ1v) is 7.13. The third kappa shape index (κ3) is 4.87. The Balaban J connectivity index is 2.08. The van der Waals surface area contributed by atoms with E-state index in [9.17, 15) is 36.5 Å². The number of nitro benzene ring substituents is 1. The molecule has 2 rings (SSSR count). The number of ether oxygens (including phenoxy) is 1. The molecule has 0 aliphatic rings. The number of nitrogens with zero attached hydrogens (tertiary/aromatic N) is 1. The van der Waals surface area contributed by atoms with Crippen molar-refractivity contribution in [2.24, 2.45) is 0 Å². The SMILES string of the molecule is O=[N+]([O-])c1ccc(OCCc2ccc(C(F)(F)F)cc2)c(C(F)(F)F)c1. The maximum absolute atomic E-state index is 13.0. The Kier molecular flexibility index (Phi) is 5.43. The lowest BCUT2D eigenvalue weighted by molar-refractivity contribution is -0.385. The molecule has 0 aromatic heterocycles. The largest absolute Gasteiger partial charge is 0.493 e. The van der Waals surface area contributed by atoms with Crippen molar-refractivity contribution in [3.8, 4) is 5.75 Å². The van der Waals surface area contributed by atoms with E-state index in [1.54, 1.807) is 0 Å². The number of alkyl halides is 6. The number of halogens is 6. The number of nitro groups is 1. The molecule has 4 nitrogen and oxygen atoms in total. The minimum absolute atomic E-state index is 0.0619. The summed E-state index contributed by atoms with van der Waals surface area (Å²) in [6, 6.07) is 6.22. The zero-order chi connectivity index (χ0) is 19.5. The molecule has 0 atom stereocenters. The number of rotatable bonds is 5. The molecule has 0 aliphatic heterocycles. The molecule has 0 unspecified atom stereocenters. The summed E-state index contributed by atoms with van der Waals surface area (Å²) in [7, 11) is 0. The first-order chi connectivity index (χ1) is 12.0. The molecule has 26 heavy (non-hydrogen) atoms. The fourth-order valence-electron chi connectivity index (χ4n) is 2.12. The summed E-state index contributed by atoms with van der Waals surface area (Å²) in [5.74, 6) is -0.588. The van der Waals surface area contributed by atoms with E-state index in [1.165, 1.54) is 12.1 Å². The van der Waals surface area contributed by atoms with Gasteiger partial charge in [-0.25, -0.2) is 0 Å². The van der Waals surface area contributed by atoms with E-state index in [0.717, 1.165) is 24.3 Å². The first-order valence-electron chi connectivity index (χ1n) is 7.13. The van der Waals surface area contributed by atoms with Crippen molar-refractivity contribution in [3.05, 3.63) is 69.3 Å². The lowest BCUT2D eigenvalue weighted by atomic mass is 10.1. The second kappa shape index (κ2) is 7.22. The Morgan fingerprint density at radius 1 is 0.923 bits per heavy atom. The van der Waals surface area contributed by atoms with E-state index in [1.807, 2.05) is 0 Å². The third-order valence-corrected chi connectivity index (χ3v) is 3.41. The van der Waals surface area contributed by atoms with Gasteiger partial charge in [0.15, 0.2) is 0 Å². The predicted molar refractivity (Wildman–Crippen MR) is 78.7 cm³/mol. The van der Waals surface area contributed by atoms with E-state index < -0.39 is 39.8 Å². The average Bonchev–Trinajstić information content (AvgIpc) is 2.53. The zero-order valence-corrected chi connectivity index (χ0v) is 12.9. The number of hydrogen-bond donors (Lipinski definition) is 0. The molecule has 0 radical (unpaired) electrons. The number of benzene rings is 2. The average molecular weight is 379 g/mol. The number of non-ortho nitro benzene ring substituents is 1. The molecular formula is C16H11F6NO3. The highest BCUT2D eigenvalue weighted by atomic mass is 19.4. The van der Waals surface area contributed by atoms with Gasteiger partial charge >= 0.3 is 12.4 Å². The third-order valence-electron chi connectivity index (χ3n) is 3.41. The van der Waals surface area contributed by atoms with Crippen LogP contribution in [0.5, 0.6) is 5.75 Å². The second-order valence-corrected chi connectivity index (χ2v) is 5.23. The standard InChI is InChI=1S/C16H11F6NO3/c17-15(18,19)11-3-1-10(2-4-11)7-8-26-14-6-5-12(23(24)25)9-13(14)16(20,21)22/h1-6,9H,7-8H2. The van der Waals surface area contributed by atoms with Gasteiger partial charge in [0.1, 0.15) is 11.3 Å². The molecule has 0 N–H and O–H groups in total. The predicted octanol–water partition coefficient (Wildman–Crippen LogP) is 5.25. The van der Waals surface area contributed by atoms with Gasteiger partial charge in [0.05, 0.1) is 17.1 Å². The normalized spacial score (nSPS) is 12.1. The summed E-state index contributed by atoms with van der Waals surface area (Å²) >= 11 is 0. The van der Waals surface area contributed by atoms with Crippen LogP contribution in [0.15, 0.2) is 42.5 Å². The van der Waals surface area contributed by atoms with Gasteiger partial charge in [-0.1, -0.05) is 12.1 Å². The smallest absolute Gasteiger partial charge is 0.420 e. The molecule has 0 bridgehead atoms. The Morgan fingerprint density at radius 2 is 1.54 bits per heavy atom. The highest BCUT2D eigenvalue weighted by Crippen LogP contribution is 2.38. The quantitative estimate of drug-likeness (QED) is 0.405. The van der Waals surface area contributed by atoms with Crippen LogP contribution in [-0.2, 0) is 18.8 Å². The lowest BCUT2D eigenvalue weighted by Crippen LogP contribution is -2.11. The molecule has 0 saturated heterocycles. The molecule has 0 heterocycles. The maximum atomic E-state index is 13.0. The van der Waals surface area contributed by atoms with Crippen LogP contribution in [0, 0.1) is 10.1 Å². The molecule has 10 heteroatoms. The molecule has 0 fully saturated rings. The van der Waals surface area contributed by atoms with E-state index in [-0.39, 0.29) is 13.0 Å². The summed E-state index contributed by atoms with van der Waals surface area (Å²) in [6.45, 7) is -0.244. The van der Waals surface area contributed by atoms with Gasteiger partial charge < -0.3 is 4.74 Å². The molecule has 140 valence electrons. The van der Waals surface area contributed by atoms with E-state index >= 15 is 0 Å². The van der Waals surface area contributed by atoms with Gasteiger partial charge in [-0.3, -0.25) is 10.1 Å². The molecule has 2 aromatic carbocycles. The summed E-state index contributed by atoms with van der Waals surface area (Å²) in [6.07, 6.45) is -9.27. The highest BCUT2D eigenvalue weighted by molar-refractivity contribution is 5.45. The van der Waals surface area contributed by atoms with Crippen LogP contribution < -0.4 is 4.74 Å². The van der Waals surface area contributed by atoms with Gasteiger partial charge in [0.25, 0.3) is 5.69 Å². The van der Waals surface area contributed by atoms with Crippen LogP contribution in [-0.4, -0.2) is 11.5 Å². The number of hydrogen-bond acceptors (Lipinski definition) is 3. The van der Waals surface area contributed by atoms with Crippen LogP contribution in [0.1, 0.15) is 16.7 Å². The van der Waals surface area contributed by atoms with Gasteiger partial charge in [-0.05, 0) is 23.8 Å². The second-order valence-electron chi connectivity index (χ2n) is 5.23. The Labute approximate surface area is 143 Å². The van der Waals surface area contributed by atoms with Crippen molar-refractivity contribution in [3.63, 3.8) is 0 Å². The minimum atomic E-state index is -4.85.